The highest BCUT2D eigenvalue weighted by atomic mass is 32.2. The lowest BCUT2D eigenvalue weighted by Gasteiger charge is -2.31. The van der Waals surface area contributed by atoms with Gasteiger partial charge < -0.3 is 15.5 Å². The molecule has 0 radical (unpaired) electrons. The normalized spacial score (nSPS) is 15.5. The highest BCUT2D eigenvalue weighted by molar-refractivity contribution is 7.89. The van der Waals surface area contributed by atoms with E-state index >= 15 is 0 Å². The summed E-state index contributed by atoms with van der Waals surface area (Å²) in [5.41, 5.74) is 3.86. The van der Waals surface area contributed by atoms with Crippen LogP contribution in [-0.2, 0) is 34.1 Å². The number of aryl methyl sites for hydroxylation is 1. The van der Waals surface area contributed by atoms with Gasteiger partial charge in [0.1, 0.15) is 0 Å². The van der Waals surface area contributed by atoms with E-state index in [0.717, 1.165) is 25.3 Å². The second kappa shape index (κ2) is 11.7. The average molecular weight is 515 g/mol. The number of nitrogens with zero attached hydrogens (tertiary/aromatic N) is 1. The molecule has 1 unspecified atom stereocenters. The van der Waals surface area contributed by atoms with Crippen molar-refractivity contribution in [1.82, 2.24) is 9.62 Å². The van der Waals surface area contributed by atoms with Crippen molar-refractivity contribution in [2.45, 2.75) is 63.0 Å². The number of fused-ring (bicyclic) bond motifs is 1. The Balaban J connectivity index is 1.57. The van der Waals surface area contributed by atoms with E-state index in [1.807, 2.05) is 6.92 Å². The van der Waals surface area contributed by atoms with Crippen molar-refractivity contribution < 1.29 is 23.4 Å². The second-order valence-electron chi connectivity index (χ2n) is 10.3. The zero-order chi connectivity index (χ0) is 26.5. The fourth-order valence-electron chi connectivity index (χ4n) is 5.01. The number of nitrogens with one attached hydrogen (secondary N) is 1. The molecule has 1 aliphatic carbocycles. The maximum Gasteiger partial charge on any atom is 0.328 e. The number of likely N-dealkylation sites (N-methyl/N-ethyl adjacent to an activating group) is 1. The van der Waals surface area contributed by atoms with Crippen molar-refractivity contribution >= 4 is 22.1 Å². The zero-order valence-corrected chi connectivity index (χ0v) is 22.4. The van der Waals surface area contributed by atoms with E-state index < -0.39 is 22.1 Å². The number of benzene rings is 2. The van der Waals surface area contributed by atoms with Gasteiger partial charge in [-0.1, -0.05) is 43.3 Å². The number of rotatable bonds is 12. The Morgan fingerprint density at radius 2 is 1.83 bits per heavy atom. The molecule has 3 N–H and O–H groups in total. The lowest BCUT2D eigenvalue weighted by Crippen LogP contribution is -2.47. The van der Waals surface area contributed by atoms with Gasteiger partial charge in [-0.2, -0.15) is 4.31 Å². The summed E-state index contributed by atoms with van der Waals surface area (Å²) in [6, 6.07) is 13.3. The fraction of sp³-hybridized carbons (Fsp3) is 0.464. The minimum atomic E-state index is -3.82. The molecule has 36 heavy (non-hydrogen) atoms. The minimum absolute atomic E-state index is 0.0376. The highest BCUT2D eigenvalue weighted by Gasteiger charge is 2.30. The summed E-state index contributed by atoms with van der Waals surface area (Å²) in [6.45, 7) is 6.34. The van der Waals surface area contributed by atoms with Crippen LogP contribution >= 0.6 is 0 Å². The molecule has 2 aromatic rings. The van der Waals surface area contributed by atoms with Crippen LogP contribution in [0, 0.1) is 5.92 Å². The third-order valence-corrected chi connectivity index (χ3v) is 8.71. The molecule has 0 amide bonds. The number of aliphatic hydroxyl groups is 1. The Morgan fingerprint density at radius 3 is 2.42 bits per heavy atom. The molecule has 0 spiro atoms. The van der Waals surface area contributed by atoms with Gasteiger partial charge >= 0.3 is 5.97 Å². The fourth-order valence-corrected chi connectivity index (χ4v) is 6.49. The van der Waals surface area contributed by atoms with Gasteiger partial charge in [-0.05, 0) is 79.8 Å². The zero-order valence-electron chi connectivity index (χ0n) is 21.6. The molecule has 0 bridgehead atoms. The van der Waals surface area contributed by atoms with Gasteiger partial charge in [0.05, 0.1) is 11.0 Å². The summed E-state index contributed by atoms with van der Waals surface area (Å²) in [5, 5.41) is 22.9. The Kier molecular flexibility index (Phi) is 9.11. The van der Waals surface area contributed by atoms with E-state index in [1.165, 1.54) is 34.6 Å². The maximum atomic E-state index is 13.2. The molecule has 2 aromatic carbocycles. The van der Waals surface area contributed by atoms with Crippen LogP contribution in [0.3, 0.4) is 0 Å². The van der Waals surface area contributed by atoms with E-state index in [9.17, 15) is 18.3 Å². The lowest BCUT2D eigenvalue weighted by molar-refractivity contribution is -0.131. The lowest BCUT2D eigenvalue weighted by atomic mass is 9.88. The van der Waals surface area contributed by atoms with Crippen molar-refractivity contribution in [3.63, 3.8) is 0 Å². The smallest absolute Gasteiger partial charge is 0.328 e. The summed E-state index contributed by atoms with van der Waals surface area (Å²) in [7, 11) is -2.35. The predicted octanol–water partition coefficient (Wildman–Crippen LogP) is 3.50. The number of carbonyl (C=O) groups is 1. The molecule has 0 heterocycles. The molecule has 8 heteroatoms. The van der Waals surface area contributed by atoms with Crippen LogP contribution < -0.4 is 5.32 Å². The molecule has 7 nitrogen and oxygen atoms in total. The van der Waals surface area contributed by atoms with Crippen LogP contribution in [0.15, 0.2) is 53.4 Å². The molecular formula is C28H38N2O5S. The van der Waals surface area contributed by atoms with Gasteiger partial charge in [0.2, 0.25) is 10.0 Å². The number of hydrogen-bond acceptors (Lipinski definition) is 5. The van der Waals surface area contributed by atoms with Gasteiger partial charge in [-0.3, -0.25) is 0 Å². The first-order valence-corrected chi connectivity index (χ1v) is 13.9. The first-order valence-electron chi connectivity index (χ1n) is 12.4. The summed E-state index contributed by atoms with van der Waals surface area (Å²) < 4.78 is 27.7. The summed E-state index contributed by atoms with van der Waals surface area (Å²) in [6.07, 6.45) is 5.15. The Hall–Kier alpha value is -2.52. The van der Waals surface area contributed by atoms with Gasteiger partial charge in [0, 0.05) is 31.8 Å². The number of hydrogen-bond donors (Lipinski definition) is 3. The number of aliphatic carboxylic acids is 1. The number of carboxylic acid groups (broad SMARTS) is 1. The van der Waals surface area contributed by atoms with Gasteiger partial charge in [0.25, 0.3) is 0 Å². The Bertz CT molecular complexity index is 1180. The van der Waals surface area contributed by atoms with Gasteiger partial charge in [-0.25, -0.2) is 13.2 Å². The summed E-state index contributed by atoms with van der Waals surface area (Å²) in [5.74, 6) is -0.519. The maximum absolute atomic E-state index is 13.2. The van der Waals surface area contributed by atoms with E-state index in [-0.39, 0.29) is 23.5 Å². The number of β-amino-alcohol motifs (C(OH)–C–C–N with tert-alkyl or cyclic N) is 1. The molecule has 3 rings (SSSR count). The SMILES string of the molecule is CCc1cc(/C=C/C(=O)O)ccc1S(=O)(=O)N(C)CC(O)CNC(C)(C)CC1Cc2ccccc2C1. The summed E-state index contributed by atoms with van der Waals surface area (Å²) in [4.78, 5) is 10.9. The minimum Gasteiger partial charge on any atom is -0.478 e. The Labute approximate surface area is 214 Å². The van der Waals surface area contributed by atoms with E-state index in [2.05, 4.69) is 43.4 Å². The van der Waals surface area contributed by atoms with Crippen LogP contribution in [0.4, 0.5) is 0 Å². The van der Waals surface area contributed by atoms with Crippen molar-refractivity contribution in [3.05, 3.63) is 70.8 Å². The van der Waals surface area contributed by atoms with Crippen LogP contribution in [0.5, 0.6) is 0 Å². The first-order chi connectivity index (χ1) is 16.9. The topological polar surface area (TPSA) is 107 Å². The molecule has 0 aliphatic heterocycles. The van der Waals surface area contributed by atoms with Crippen molar-refractivity contribution in [1.29, 1.82) is 0 Å². The molecule has 0 aromatic heterocycles. The van der Waals surface area contributed by atoms with Crippen LogP contribution in [0.2, 0.25) is 0 Å². The third-order valence-electron chi connectivity index (χ3n) is 6.79. The number of carboxylic acids is 1. The summed E-state index contributed by atoms with van der Waals surface area (Å²) >= 11 is 0. The van der Waals surface area contributed by atoms with Crippen LogP contribution in [-0.4, -0.2) is 60.7 Å². The molecule has 0 fully saturated rings. The molecular weight excluding hydrogens is 476 g/mol. The standard InChI is InChI=1S/C28H38N2O5S/c1-5-22-14-20(11-13-27(32)33)10-12-26(22)36(34,35)30(4)19-25(31)18-29-28(2,3)17-21-15-23-8-6-7-9-24(23)16-21/h6-14,21,25,29,31H,5,15-19H2,1-4H3,(H,32,33)/b13-11+. The molecule has 1 aliphatic rings. The molecule has 0 saturated carbocycles. The second-order valence-corrected chi connectivity index (χ2v) is 12.4. The van der Waals surface area contributed by atoms with Crippen LogP contribution in [0.1, 0.15) is 49.4 Å². The average Bonchev–Trinajstić information content (AvgIpc) is 3.22. The molecule has 1 atom stereocenters. The van der Waals surface area contributed by atoms with Crippen LogP contribution in [0.25, 0.3) is 6.08 Å². The number of aliphatic hydroxyl groups excluding tert-OH is 1. The van der Waals surface area contributed by atoms with Gasteiger partial charge in [0.15, 0.2) is 0 Å². The Morgan fingerprint density at radius 1 is 1.19 bits per heavy atom. The van der Waals surface area contributed by atoms with E-state index in [4.69, 9.17) is 5.11 Å². The molecule has 196 valence electrons. The van der Waals surface area contributed by atoms with Crippen molar-refractivity contribution in [2.75, 3.05) is 20.1 Å². The van der Waals surface area contributed by atoms with Gasteiger partial charge in [-0.15, -0.1) is 0 Å². The molecule has 0 saturated heterocycles. The highest BCUT2D eigenvalue weighted by Crippen LogP contribution is 2.32. The van der Waals surface area contributed by atoms with E-state index in [0.29, 0.717) is 23.5 Å². The third kappa shape index (κ3) is 7.26. The van der Waals surface area contributed by atoms with Crippen molar-refractivity contribution in [3.8, 4) is 0 Å². The predicted molar refractivity (Wildman–Crippen MR) is 142 cm³/mol. The monoisotopic (exact) mass is 514 g/mol. The number of sulfonamides is 1. The first kappa shape index (κ1) is 28.1. The van der Waals surface area contributed by atoms with E-state index in [1.54, 1.807) is 12.1 Å². The largest absolute Gasteiger partial charge is 0.478 e. The quantitative estimate of drug-likeness (QED) is 0.374. The van der Waals surface area contributed by atoms with Crippen molar-refractivity contribution in [2.24, 2.45) is 5.92 Å².